The normalized spacial score (nSPS) is 12.2. The van der Waals surface area contributed by atoms with Crippen molar-refractivity contribution in [2.24, 2.45) is 0 Å². The summed E-state index contributed by atoms with van der Waals surface area (Å²) in [5, 5.41) is 3.65. The third-order valence-corrected chi connectivity index (χ3v) is 10.5. The molecule has 0 radical (unpaired) electrons. The molecule has 0 atom stereocenters. The van der Waals surface area contributed by atoms with Gasteiger partial charge in [-0.05, 0) is 0 Å². The van der Waals surface area contributed by atoms with Crippen LogP contribution in [0.3, 0.4) is 0 Å². The molecule has 32 heavy (non-hydrogen) atoms. The first-order valence-corrected chi connectivity index (χ1v) is 18.7. The number of rotatable bonds is 4. The second-order valence-corrected chi connectivity index (χ2v) is 20.6. The van der Waals surface area contributed by atoms with Crippen molar-refractivity contribution in [1.29, 1.82) is 0 Å². The molecular weight excluding hydrogens is 451 g/mol. The first kappa shape index (κ1) is 21.0. The summed E-state index contributed by atoms with van der Waals surface area (Å²) in [5.41, 5.74) is 5.46. The summed E-state index contributed by atoms with van der Waals surface area (Å²) in [6.07, 6.45) is 1.94. The third-order valence-electron chi connectivity index (χ3n) is 6.25. The van der Waals surface area contributed by atoms with E-state index >= 15 is 0 Å². The van der Waals surface area contributed by atoms with Gasteiger partial charge < -0.3 is 0 Å². The van der Waals surface area contributed by atoms with Gasteiger partial charge in [0.1, 0.15) is 0 Å². The molecule has 0 saturated carbocycles. The number of hydrogen-bond acceptors (Lipinski definition) is 2. The molecule has 0 amide bonds. The number of nitrogens with zero attached hydrogens (tertiary/aromatic N) is 1. The number of fused-ring (bicyclic) bond motifs is 2. The fraction of sp³-hybridized carbons (Fsp3) is 0.207. The van der Waals surface area contributed by atoms with Crippen LogP contribution in [0.15, 0.2) is 83.4 Å². The summed E-state index contributed by atoms with van der Waals surface area (Å²) in [6.45, 7) is 4.48. The number of pyridine rings is 1. The Morgan fingerprint density at radius 3 is 2.28 bits per heavy atom. The van der Waals surface area contributed by atoms with E-state index in [-0.39, 0.29) is 0 Å². The van der Waals surface area contributed by atoms with Gasteiger partial charge in [0.25, 0.3) is 0 Å². The standard InChI is InChI=1S/C29H29GeNO/c1-19(2)25-16-22(17-28-26(25)18-27(32-28)20-9-7-6-8-10-20)29-24-12-11-23(30(3,4)5)15-21(24)13-14-31-29/h6-19H,1-5H3. The van der Waals surface area contributed by atoms with Crippen LogP contribution in [0.2, 0.25) is 17.3 Å². The van der Waals surface area contributed by atoms with Gasteiger partial charge in [-0.2, -0.15) is 0 Å². The van der Waals surface area contributed by atoms with E-state index in [9.17, 15) is 0 Å². The maximum absolute atomic E-state index is 6.36. The van der Waals surface area contributed by atoms with Crippen LogP contribution in [-0.2, 0) is 0 Å². The molecule has 5 aromatic rings. The van der Waals surface area contributed by atoms with E-state index in [0.717, 1.165) is 28.2 Å². The predicted molar refractivity (Wildman–Crippen MR) is 139 cm³/mol. The molecular formula is C29H29GeNO. The van der Waals surface area contributed by atoms with Crippen LogP contribution in [0.5, 0.6) is 0 Å². The number of hydrogen-bond donors (Lipinski definition) is 0. The molecule has 0 bridgehead atoms. The van der Waals surface area contributed by atoms with E-state index in [1.807, 2.05) is 24.4 Å². The molecule has 0 spiro atoms. The molecule has 3 aromatic carbocycles. The SMILES string of the molecule is CC(C)c1cc(-c2nccc3c[c]([Ge]([CH3])([CH3])[CH3])ccc23)cc2oc(-c3ccccc3)cc12. The van der Waals surface area contributed by atoms with Gasteiger partial charge in [-0.15, -0.1) is 0 Å². The zero-order valence-electron chi connectivity index (χ0n) is 19.4. The average molecular weight is 480 g/mol. The third kappa shape index (κ3) is 3.77. The van der Waals surface area contributed by atoms with Crippen molar-refractivity contribution in [1.82, 2.24) is 4.98 Å². The van der Waals surface area contributed by atoms with E-state index in [1.165, 1.54) is 26.1 Å². The second-order valence-electron chi connectivity index (χ2n) is 9.95. The van der Waals surface area contributed by atoms with E-state index in [1.54, 1.807) is 0 Å². The van der Waals surface area contributed by atoms with Gasteiger partial charge in [0.05, 0.1) is 0 Å². The van der Waals surface area contributed by atoms with E-state index in [4.69, 9.17) is 9.40 Å². The van der Waals surface area contributed by atoms with E-state index < -0.39 is 13.3 Å². The van der Waals surface area contributed by atoms with Gasteiger partial charge in [0, 0.05) is 0 Å². The number of benzene rings is 3. The summed E-state index contributed by atoms with van der Waals surface area (Å²) in [6, 6.07) is 26.1. The Balaban J connectivity index is 1.71. The van der Waals surface area contributed by atoms with Crippen molar-refractivity contribution in [2.75, 3.05) is 0 Å². The Morgan fingerprint density at radius 1 is 0.781 bits per heavy atom. The van der Waals surface area contributed by atoms with Crippen molar-refractivity contribution >= 4 is 39.4 Å². The summed E-state index contributed by atoms with van der Waals surface area (Å²) in [4.78, 5) is 4.81. The first-order valence-electron chi connectivity index (χ1n) is 11.3. The Kier molecular flexibility index (Phi) is 5.21. The van der Waals surface area contributed by atoms with Crippen molar-refractivity contribution in [3.8, 4) is 22.6 Å². The molecule has 0 aliphatic rings. The Hall–Kier alpha value is -2.85. The Labute approximate surface area is 192 Å². The molecule has 2 aromatic heterocycles. The van der Waals surface area contributed by atoms with Crippen molar-refractivity contribution in [3.05, 3.63) is 84.6 Å². The van der Waals surface area contributed by atoms with Gasteiger partial charge in [-0.25, -0.2) is 0 Å². The molecule has 2 nitrogen and oxygen atoms in total. The van der Waals surface area contributed by atoms with Crippen LogP contribution >= 0.6 is 0 Å². The molecule has 0 fully saturated rings. The van der Waals surface area contributed by atoms with Crippen LogP contribution in [0.25, 0.3) is 44.3 Å². The van der Waals surface area contributed by atoms with Crippen molar-refractivity contribution < 1.29 is 4.42 Å². The van der Waals surface area contributed by atoms with Gasteiger partial charge in [-0.1, -0.05) is 18.2 Å². The minimum atomic E-state index is -1.89. The van der Waals surface area contributed by atoms with Crippen LogP contribution in [0, 0.1) is 0 Å². The fourth-order valence-electron chi connectivity index (χ4n) is 4.40. The fourth-order valence-corrected chi connectivity index (χ4v) is 6.86. The number of aromatic nitrogens is 1. The van der Waals surface area contributed by atoms with E-state index in [2.05, 4.69) is 85.7 Å². The zero-order chi connectivity index (χ0) is 22.5. The van der Waals surface area contributed by atoms with Crippen LogP contribution in [0.1, 0.15) is 25.3 Å². The van der Waals surface area contributed by atoms with Crippen LogP contribution in [0.4, 0.5) is 0 Å². The predicted octanol–water partition coefficient (Wildman–Crippen LogP) is 7.98. The van der Waals surface area contributed by atoms with Gasteiger partial charge >= 0.3 is 175 Å². The van der Waals surface area contributed by atoms with Crippen molar-refractivity contribution in [2.45, 2.75) is 37.0 Å². The zero-order valence-corrected chi connectivity index (χ0v) is 21.5. The van der Waals surface area contributed by atoms with Gasteiger partial charge in [0.15, 0.2) is 0 Å². The molecule has 0 N–H and O–H groups in total. The Morgan fingerprint density at radius 2 is 1.56 bits per heavy atom. The topological polar surface area (TPSA) is 26.0 Å². The molecule has 0 unspecified atom stereocenters. The minimum absolute atomic E-state index is 0.384. The number of furan rings is 1. The maximum atomic E-state index is 6.36. The van der Waals surface area contributed by atoms with E-state index in [0.29, 0.717) is 5.92 Å². The van der Waals surface area contributed by atoms with Gasteiger partial charge in [-0.3, -0.25) is 0 Å². The molecule has 160 valence electrons. The first-order chi connectivity index (χ1) is 15.3. The monoisotopic (exact) mass is 481 g/mol. The molecule has 5 rings (SSSR count). The molecule has 3 heteroatoms. The quantitative estimate of drug-likeness (QED) is 0.244. The molecule has 0 saturated heterocycles. The average Bonchev–Trinajstić information content (AvgIpc) is 3.21. The summed E-state index contributed by atoms with van der Waals surface area (Å²) in [5.74, 6) is 8.61. The van der Waals surface area contributed by atoms with Gasteiger partial charge in [0.2, 0.25) is 0 Å². The second kappa shape index (κ2) is 7.93. The Bertz CT molecular complexity index is 1420. The molecule has 0 aliphatic heterocycles. The molecule has 2 heterocycles. The molecule has 0 aliphatic carbocycles. The van der Waals surface area contributed by atoms with Crippen LogP contribution in [-0.4, -0.2) is 18.3 Å². The van der Waals surface area contributed by atoms with Crippen molar-refractivity contribution in [3.63, 3.8) is 0 Å². The summed E-state index contributed by atoms with van der Waals surface area (Å²) in [7, 11) is 0. The summed E-state index contributed by atoms with van der Waals surface area (Å²) >= 11 is -1.89. The summed E-state index contributed by atoms with van der Waals surface area (Å²) < 4.78 is 7.88. The van der Waals surface area contributed by atoms with Crippen LogP contribution < -0.4 is 4.40 Å².